The Kier molecular flexibility index (Phi) is 13.0. The van der Waals surface area contributed by atoms with Gasteiger partial charge in [0, 0.05) is 0 Å². The zero-order valence-corrected chi connectivity index (χ0v) is 26.6. The molecule has 7 heteroatoms. The molecule has 242 valence electrons. The van der Waals surface area contributed by atoms with Gasteiger partial charge < -0.3 is 33.2 Å². The highest BCUT2D eigenvalue weighted by Crippen LogP contribution is 2.32. The van der Waals surface area contributed by atoms with Crippen molar-refractivity contribution in [2.45, 2.75) is 70.2 Å². The first-order valence-corrected chi connectivity index (χ1v) is 15.7. The third kappa shape index (κ3) is 9.84. The minimum atomic E-state index is -0.764. The highest BCUT2D eigenvalue weighted by Gasteiger charge is 2.49. The van der Waals surface area contributed by atoms with Crippen LogP contribution in [0.4, 0.5) is 0 Å². The van der Waals surface area contributed by atoms with Gasteiger partial charge in [-0.15, -0.1) is 6.58 Å². The molecule has 4 aromatic rings. The van der Waals surface area contributed by atoms with Crippen LogP contribution in [0.2, 0.25) is 0 Å². The van der Waals surface area contributed by atoms with E-state index in [1.165, 1.54) is 0 Å². The molecule has 7 nitrogen and oxygen atoms in total. The second kappa shape index (κ2) is 17.8. The summed E-state index contributed by atoms with van der Waals surface area (Å²) in [5.74, 6) is 0.783. The van der Waals surface area contributed by atoms with Crippen LogP contribution in [-0.2, 0) is 54.8 Å². The lowest BCUT2D eigenvalue weighted by Crippen LogP contribution is -2.62. The van der Waals surface area contributed by atoms with E-state index in [1.807, 2.05) is 122 Å². The lowest BCUT2D eigenvalue weighted by molar-refractivity contribution is -0.332. The van der Waals surface area contributed by atoms with Gasteiger partial charge in [-0.3, -0.25) is 0 Å². The van der Waals surface area contributed by atoms with E-state index < -0.39 is 30.7 Å². The lowest BCUT2D eigenvalue weighted by atomic mass is 9.97. The van der Waals surface area contributed by atoms with Crippen LogP contribution in [0.25, 0.3) is 0 Å². The predicted molar refractivity (Wildman–Crippen MR) is 177 cm³/mol. The first-order chi connectivity index (χ1) is 22.6. The molecule has 0 spiro atoms. The molecule has 1 unspecified atom stereocenters. The van der Waals surface area contributed by atoms with Gasteiger partial charge in [0.2, 0.25) is 0 Å². The van der Waals surface area contributed by atoms with Crippen molar-refractivity contribution in [3.63, 3.8) is 0 Å². The predicted octanol–water partition coefficient (Wildman–Crippen LogP) is 7.28. The zero-order chi connectivity index (χ0) is 32.0. The molecule has 1 aliphatic rings. The number of ether oxygens (including phenoxy) is 7. The number of rotatable bonds is 17. The van der Waals surface area contributed by atoms with Crippen molar-refractivity contribution in [3.8, 4) is 5.75 Å². The van der Waals surface area contributed by atoms with Gasteiger partial charge >= 0.3 is 0 Å². The Hall–Kier alpha value is -3.82. The quantitative estimate of drug-likeness (QED) is 0.114. The van der Waals surface area contributed by atoms with E-state index in [4.69, 9.17) is 33.2 Å². The summed E-state index contributed by atoms with van der Waals surface area (Å²) < 4.78 is 44.7. The van der Waals surface area contributed by atoms with E-state index in [9.17, 15) is 0 Å². The van der Waals surface area contributed by atoms with Crippen molar-refractivity contribution < 1.29 is 33.2 Å². The Balaban J connectivity index is 1.44. The Labute approximate surface area is 272 Å². The SMILES string of the molecule is C=CC(C)O[C@@H]1O[C@H](COCc2ccccc2)[C@H](OCc2ccccc2)[C@H](OCc2ccc(OC)cc2)[C@H]1OCc1ccccc1. The first kappa shape index (κ1) is 33.5. The summed E-state index contributed by atoms with van der Waals surface area (Å²) in [7, 11) is 1.65. The standard InChI is InChI=1S/C39H44O7/c1-4-29(2)45-39-38(44-26-32-18-12-7-13-19-32)37(43-27-33-20-22-34(40-3)23-21-33)36(42-25-31-16-10-6-11-17-31)35(46-39)28-41-24-30-14-8-5-9-15-30/h4-23,29,35-39H,1,24-28H2,2-3H3/t29?,35-,36+,37+,38-,39-/m1/s1. The summed E-state index contributed by atoms with van der Waals surface area (Å²) >= 11 is 0. The Bertz CT molecular complexity index is 1420. The van der Waals surface area contributed by atoms with E-state index >= 15 is 0 Å². The van der Waals surface area contributed by atoms with E-state index in [-0.39, 0.29) is 12.7 Å². The second-order valence-electron chi connectivity index (χ2n) is 11.3. The van der Waals surface area contributed by atoms with Crippen LogP contribution >= 0.6 is 0 Å². The molecule has 0 amide bonds. The Morgan fingerprint density at radius 2 is 1.11 bits per heavy atom. The zero-order valence-electron chi connectivity index (χ0n) is 26.6. The summed E-state index contributed by atoms with van der Waals surface area (Å²) in [6.45, 7) is 7.59. The molecule has 0 bridgehead atoms. The molecule has 1 aliphatic heterocycles. The summed E-state index contributed by atoms with van der Waals surface area (Å²) in [5, 5.41) is 0. The third-order valence-electron chi connectivity index (χ3n) is 7.84. The Morgan fingerprint density at radius 3 is 1.63 bits per heavy atom. The highest BCUT2D eigenvalue weighted by molar-refractivity contribution is 5.26. The number of hydrogen-bond acceptors (Lipinski definition) is 7. The molecule has 5 rings (SSSR count). The summed E-state index contributed by atoms with van der Waals surface area (Å²) in [6, 6.07) is 38.0. The van der Waals surface area contributed by atoms with Gasteiger partial charge in [0.25, 0.3) is 0 Å². The fourth-order valence-electron chi connectivity index (χ4n) is 5.27. The minimum absolute atomic E-state index is 0.268. The topological polar surface area (TPSA) is 64.6 Å². The van der Waals surface area contributed by atoms with Gasteiger partial charge in [0.1, 0.15) is 30.2 Å². The summed E-state index contributed by atoms with van der Waals surface area (Å²) in [5.41, 5.74) is 4.14. The van der Waals surface area contributed by atoms with Crippen LogP contribution < -0.4 is 4.74 Å². The molecular weight excluding hydrogens is 580 g/mol. The van der Waals surface area contributed by atoms with Crippen molar-refractivity contribution in [1.29, 1.82) is 0 Å². The van der Waals surface area contributed by atoms with Crippen molar-refractivity contribution in [3.05, 3.63) is 150 Å². The van der Waals surface area contributed by atoms with E-state index in [0.717, 1.165) is 28.0 Å². The first-order valence-electron chi connectivity index (χ1n) is 15.7. The third-order valence-corrected chi connectivity index (χ3v) is 7.84. The number of methoxy groups -OCH3 is 1. The van der Waals surface area contributed by atoms with Crippen LogP contribution in [0.1, 0.15) is 29.2 Å². The average Bonchev–Trinajstić information content (AvgIpc) is 3.11. The second-order valence-corrected chi connectivity index (χ2v) is 11.3. The maximum absolute atomic E-state index is 6.75. The summed E-state index contributed by atoms with van der Waals surface area (Å²) in [6.07, 6.45) is -1.53. The molecule has 1 fully saturated rings. The molecule has 1 heterocycles. The maximum atomic E-state index is 6.75. The molecule has 0 aromatic heterocycles. The van der Waals surface area contributed by atoms with Crippen LogP contribution in [-0.4, -0.2) is 50.5 Å². The molecule has 4 aromatic carbocycles. The highest BCUT2D eigenvalue weighted by atomic mass is 16.7. The molecule has 46 heavy (non-hydrogen) atoms. The monoisotopic (exact) mass is 624 g/mol. The Morgan fingerprint density at radius 1 is 0.630 bits per heavy atom. The maximum Gasteiger partial charge on any atom is 0.187 e. The largest absolute Gasteiger partial charge is 0.497 e. The molecular formula is C39H44O7. The van der Waals surface area contributed by atoms with Gasteiger partial charge in [-0.05, 0) is 41.3 Å². The molecule has 0 radical (unpaired) electrons. The normalized spacial score (nSPS) is 21.8. The lowest BCUT2D eigenvalue weighted by Gasteiger charge is -2.46. The molecule has 0 saturated carbocycles. The van der Waals surface area contributed by atoms with Crippen LogP contribution in [0.15, 0.2) is 128 Å². The van der Waals surface area contributed by atoms with Crippen molar-refractivity contribution in [1.82, 2.24) is 0 Å². The van der Waals surface area contributed by atoms with Gasteiger partial charge in [-0.25, -0.2) is 0 Å². The van der Waals surface area contributed by atoms with Gasteiger partial charge in [0.15, 0.2) is 6.29 Å². The van der Waals surface area contributed by atoms with Gasteiger partial charge in [-0.2, -0.15) is 0 Å². The molecule has 0 aliphatic carbocycles. The van der Waals surface area contributed by atoms with E-state index in [2.05, 4.69) is 6.58 Å². The average molecular weight is 625 g/mol. The molecule has 0 N–H and O–H groups in total. The molecule has 1 saturated heterocycles. The van der Waals surface area contributed by atoms with E-state index in [1.54, 1.807) is 13.2 Å². The smallest absolute Gasteiger partial charge is 0.187 e. The van der Waals surface area contributed by atoms with Crippen molar-refractivity contribution in [2.75, 3.05) is 13.7 Å². The fourth-order valence-corrected chi connectivity index (χ4v) is 5.27. The minimum Gasteiger partial charge on any atom is -0.497 e. The number of hydrogen-bond donors (Lipinski definition) is 0. The van der Waals surface area contributed by atoms with Crippen LogP contribution in [0.3, 0.4) is 0 Å². The van der Waals surface area contributed by atoms with Gasteiger partial charge in [0.05, 0.1) is 46.2 Å². The fraction of sp³-hybridized carbons (Fsp3) is 0.333. The summed E-state index contributed by atoms with van der Waals surface area (Å²) in [4.78, 5) is 0. The van der Waals surface area contributed by atoms with Crippen LogP contribution in [0, 0.1) is 0 Å². The van der Waals surface area contributed by atoms with Gasteiger partial charge in [-0.1, -0.05) is 109 Å². The number of benzene rings is 4. The van der Waals surface area contributed by atoms with Crippen LogP contribution in [0.5, 0.6) is 5.75 Å². The van der Waals surface area contributed by atoms with E-state index in [0.29, 0.717) is 26.4 Å². The molecule has 6 atom stereocenters. The van der Waals surface area contributed by atoms with Crippen molar-refractivity contribution in [2.24, 2.45) is 0 Å². The van der Waals surface area contributed by atoms with Crippen molar-refractivity contribution >= 4 is 0 Å².